The van der Waals surface area contributed by atoms with Crippen LogP contribution in [0.4, 0.5) is 0 Å². The maximum Gasteiger partial charge on any atom is 1.00 e. The number of rotatable bonds is 9. The third-order valence-electron chi connectivity index (χ3n) is 4.31. The number of carbonyl (C=O) groups is 3. The van der Waals surface area contributed by atoms with Crippen LogP contribution in [0.15, 0.2) is 16.4 Å². The summed E-state index contributed by atoms with van der Waals surface area (Å²) in [5.74, 6) is -2.02. The van der Waals surface area contributed by atoms with Crippen LogP contribution < -0.4 is 40.0 Å². The fraction of sp³-hybridized carbons (Fsp3) is 0.533. The summed E-state index contributed by atoms with van der Waals surface area (Å²) in [6, 6.07) is 1.91. The van der Waals surface area contributed by atoms with E-state index in [1.807, 2.05) is 6.07 Å². The number of amides is 2. The average Bonchev–Trinajstić information content (AvgIpc) is 3.14. The first-order valence-electron chi connectivity index (χ1n) is 8.40. The van der Waals surface area contributed by atoms with Gasteiger partial charge >= 0.3 is 29.6 Å². The SMILES string of the molecule is CO[C@@]1(NC(=O)CSCC#N)C(=O)N2C(C(=O)[O-])=C(CSc3nnnn3C)CS[C@H]21.[Na+]. The molecule has 1 aromatic heterocycles. The van der Waals surface area contributed by atoms with Gasteiger partial charge in [-0.1, -0.05) is 11.8 Å². The molecule has 31 heavy (non-hydrogen) atoms. The number of aryl methyl sites for hydroxylation is 1. The number of nitrogens with zero attached hydrogens (tertiary/aromatic N) is 6. The first-order chi connectivity index (χ1) is 14.4. The third-order valence-corrected chi connectivity index (χ3v) is 7.58. The number of tetrazole rings is 1. The molecule has 0 aliphatic carbocycles. The van der Waals surface area contributed by atoms with Crippen LogP contribution in [-0.4, -0.2) is 84.1 Å². The summed E-state index contributed by atoms with van der Waals surface area (Å²) in [6.07, 6.45) is 0. The average molecular weight is 494 g/mol. The van der Waals surface area contributed by atoms with Crippen LogP contribution in [0.2, 0.25) is 0 Å². The van der Waals surface area contributed by atoms with Crippen molar-refractivity contribution in [2.45, 2.75) is 16.3 Å². The number of ether oxygens (including phenoxy) is 1. The van der Waals surface area contributed by atoms with Gasteiger partial charge in [-0.05, 0) is 16.0 Å². The van der Waals surface area contributed by atoms with Crippen LogP contribution in [0.5, 0.6) is 0 Å². The standard InChI is InChI=1S/C15H17N7O5S3.Na/c1-21-14(18-19-20-21)30-6-8-5-29-13-15(27-2,17-9(23)7-28-4-3-16)12(26)22(13)10(8)11(24)25;/h13H,4-7H2,1-2H3,(H,17,23)(H,24,25);/q;+1/p-1/t13-,15-;/m0./s1. The maximum atomic E-state index is 12.9. The summed E-state index contributed by atoms with van der Waals surface area (Å²) >= 11 is 3.60. The number of aromatic nitrogens is 4. The van der Waals surface area contributed by atoms with Crippen molar-refractivity contribution in [2.75, 3.05) is 30.1 Å². The topological polar surface area (TPSA) is 166 Å². The minimum atomic E-state index is -1.66. The summed E-state index contributed by atoms with van der Waals surface area (Å²) in [7, 11) is 2.93. The minimum Gasteiger partial charge on any atom is -0.543 e. The molecule has 2 aliphatic heterocycles. The normalized spacial score (nSPS) is 22.2. The third kappa shape index (κ3) is 5.05. The predicted molar refractivity (Wildman–Crippen MR) is 105 cm³/mol. The van der Waals surface area contributed by atoms with Crippen LogP contribution in [0.25, 0.3) is 0 Å². The van der Waals surface area contributed by atoms with Crippen LogP contribution in [-0.2, 0) is 26.2 Å². The molecular formula is C15H16N7NaO5S3. The summed E-state index contributed by atoms with van der Waals surface area (Å²) in [5, 5.41) is 33.8. The van der Waals surface area contributed by atoms with Crippen molar-refractivity contribution >= 4 is 53.1 Å². The number of methoxy groups -OCH3 is 1. The molecule has 0 saturated carbocycles. The molecule has 160 valence electrons. The molecule has 1 N–H and O–H groups in total. The zero-order valence-corrected chi connectivity index (χ0v) is 21.3. The van der Waals surface area contributed by atoms with E-state index in [4.69, 9.17) is 10.00 Å². The minimum absolute atomic E-state index is 0. The van der Waals surface area contributed by atoms with Gasteiger partial charge in [0.15, 0.2) is 0 Å². The smallest absolute Gasteiger partial charge is 0.543 e. The van der Waals surface area contributed by atoms with Crippen LogP contribution in [0.3, 0.4) is 0 Å². The molecule has 2 aliphatic rings. The number of fused-ring (bicyclic) bond motifs is 1. The van der Waals surface area contributed by atoms with Gasteiger partial charge < -0.3 is 20.0 Å². The van der Waals surface area contributed by atoms with Crippen LogP contribution in [0.1, 0.15) is 0 Å². The Kier molecular flexibility index (Phi) is 9.25. The van der Waals surface area contributed by atoms with E-state index >= 15 is 0 Å². The molecule has 3 rings (SSSR count). The second kappa shape index (κ2) is 11.0. The van der Waals surface area contributed by atoms with E-state index in [1.54, 1.807) is 7.05 Å². The molecule has 1 fully saturated rings. The molecule has 16 heteroatoms. The zero-order valence-electron chi connectivity index (χ0n) is 16.9. The Bertz CT molecular complexity index is 952. The van der Waals surface area contributed by atoms with Crippen molar-refractivity contribution in [2.24, 2.45) is 7.05 Å². The Hall–Kier alpha value is -1.28. The van der Waals surface area contributed by atoms with Crippen molar-refractivity contribution in [3.05, 3.63) is 11.3 Å². The van der Waals surface area contributed by atoms with Gasteiger partial charge in [-0.25, -0.2) is 4.68 Å². The van der Waals surface area contributed by atoms with Gasteiger partial charge in [-0.2, -0.15) is 5.26 Å². The number of β-lactam (4-membered cyclic amide) rings is 1. The molecular weight excluding hydrogens is 477 g/mol. The van der Waals surface area contributed by atoms with Gasteiger partial charge in [0.2, 0.25) is 11.1 Å². The van der Waals surface area contributed by atoms with Crippen LogP contribution in [0, 0.1) is 11.3 Å². The zero-order chi connectivity index (χ0) is 21.9. The summed E-state index contributed by atoms with van der Waals surface area (Å²) in [5.41, 5.74) is -1.41. The number of carboxylic acids is 1. The van der Waals surface area contributed by atoms with Gasteiger partial charge in [0, 0.05) is 25.7 Å². The molecule has 1 saturated heterocycles. The van der Waals surface area contributed by atoms with Gasteiger partial charge in [-0.15, -0.1) is 28.6 Å². The van der Waals surface area contributed by atoms with E-state index in [-0.39, 0.29) is 52.5 Å². The van der Waals surface area contributed by atoms with Crippen molar-refractivity contribution in [3.63, 3.8) is 0 Å². The molecule has 12 nitrogen and oxygen atoms in total. The van der Waals surface area contributed by atoms with Gasteiger partial charge in [-0.3, -0.25) is 14.5 Å². The van der Waals surface area contributed by atoms with E-state index in [9.17, 15) is 19.5 Å². The first kappa shape index (κ1) is 26.0. The van der Waals surface area contributed by atoms with E-state index < -0.39 is 28.9 Å². The number of hydrogen-bond donors (Lipinski definition) is 1. The monoisotopic (exact) mass is 493 g/mol. The molecule has 0 unspecified atom stereocenters. The van der Waals surface area contributed by atoms with Gasteiger partial charge in [0.05, 0.1) is 29.2 Å². The quantitative estimate of drug-likeness (QED) is 0.115. The van der Waals surface area contributed by atoms with Crippen molar-refractivity contribution < 1.29 is 53.8 Å². The van der Waals surface area contributed by atoms with Crippen molar-refractivity contribution in [3.8, 4) is 6.07 Å². The van der Waals surface area contributed by atoms with Crippen molar-refractivity contribution in [1.82, 2.24) is 30.4 Å². The molecule has 0 bridgehead atoms. The largest absolute Gasteiger partial charge is 1.00 e. The van der Waals surface area contributed by atoms with Gasteiger partial charge in [0.1, 0.15) is 5.37 Å². The Morgan fingerprint density at radius 1 is 1.52 bits per heavy atom. The number of nitriles is 1. The number of carbonyl (C=O) groups excluding carboxylic acids is 3. The Morgan fingerprint density at radius 2 is 2.26 bits per heavy atom. The molecule has 3 heterocycles. The van der Waals surface area contributed by atoms with E-state index in [2.05, 4.69) is 20.8 Å². The summed E-state index contributed by atoms with van der Waals surface area (Å²) in [6.45, 7) is 0. The number of hydrogen-bond acceptors (Lipinski definition) is 12. The van der Waals surface area contributed by atoms with E-state index in [1.165, 1.54) is 35.3 Å². The van der Waals surface area contributed by atoms with Crippen molar-refractivity contribution in [1.29, 1.82) is 5.26 Å². The molecule has 2 atom stereocenters. The second-order valence-corrected chi connectivity index (χ2v) is 9.09. The maximum absolute atomic E-state index is 12.9. The number of carboxylic acid groups (broad SMARTS) is 1. The molecule has 1 aromatic rings. The summed E-state index contributed by atoms with van der Waals surface area (Å²) in [4.78, 5) is 38.0. The Labute approximate surface area is 212 Å². The summed E-state index contributed by atoms with van der Waals surface area (Å²) < 4.78 is 6.79. The Balaban J connectivity index is 0.00000341. The van der Waals surface area contributed by atoms with Gasteiger partial charge in [0.25, 0.3) is 11.6 Å². The molecule has 2 amide bonds. The number of thioether (sulfide) groups is 3. The molecule has 0 spiro atoms. The first-order valence-corrected chi connectivity index (χ1v) is 11.6. The molecule has 0 radical (unpaired) electrons. The van der Waals surface area contributed by atoms with E-state index in [0.717, 1.165) is 16.7 Å². The fourth-order valence-corrected chi connectivity index (χ4v) is 5.85. The fourth-order valence-electron chi connectivity index (χ4n) is 2.97. The second-order valence-electron chi connectivity index (χ2n) is 6.09. The Morgan fingerprint density at radius 3 is 2.84 bits per heavy atom. The number of nitrogens with one attached hydrogen (secondary N) is 1. The molecule has 0 aromatic carbocycles. The predicted octanol–water partition coefficient (Wildman–Crippen LogP) is -5.06. The van der Waals surface area contributed by atoms with Crippen LogP contribution >= 0.6 is 35.3 Å². The number of aliphatic carboxylic acids is 1. The van der Waals surface area contributed by atoms with E-state index in [0.29, 0.717) is 16.5 Å².